The van der Waals surface area contributed by atoms with Gasteiger partial charge in [-0.1, -0.05) is 18.2 Å². The van der Waals surface area contributed by atoms with Crippen LogP contribution in [0.2, 0.25) is 0 Å². The monoisotopic (exact) mass is 334 g/mol. The minimum atomic E-state index is -0.166. The van der Waals surface area contributed by atoms with Gasteiger partial charge in [-0.15, -0.1) is 0 Å². The highest BCUT2D eigenvalue weighted by molar-refractivity contribution is 5.94. The maximum Gasteiger partial charge on any atom is 0.251 e. The highest BCUT2D eigenvalue weighted by Gasteiger charge is 2.14. The van der Waals surface area contributed by atoms with Crippen molar-refractivity contribution >= 4 is 11.6 Å². The van der Waals surface area contributed by atoms with E-state index in [0.29, 0.717) is 17.7 Å². The number of carbonyl (C=O) groups is 1. The summed E-state index contributed by atoms with van der Waals surface area (Å²) in [6, 6.07) is 17.1. The van der Waals surface area contributed by atoms with Crippen LogP contribution in [-0.4, -0.2) is 44.0 Å². The summed E-state index contributed by atoms with van der Waals surface area (Å²) in [7, 11) is 2.15. The molecular formula is C20H22N4O. The summed E-state index contributed by atoms with van der Waals surface area (Å²) in [5.74, 6) is -0.166. The Labute approximate surface area is 148 Å². The van der Waals surface area contributed by atoms with E-state index in [9.17, 15) is 4.79 Å². The van der Waals surface area contributed by atoms with Gasteiger partial charge in [0.2, 0.25) is 0 Å². The first kappa shape index (κ1) is 17.0. The molecule has 0 radical (unpaired) electrons. The maximum atomic E-state index is 12.2. The Kier molecular flexibility index (Phi) is 5.32. The lowest BCUT2D eigenvalue weighted by Crippen LogP contribution is -2.44. The van der Waals surface area contributed by atoms with E-state index in [0.717, 1.165) is 31.7 Å². The molecule has 1 aliphatic rings. The molecular weight excluding hydrogens is 312 g/mol. The molecule has 5 nitrogen and oxygen atoms in total. The zero-order valence-corrected chi connectivity index (χ0v) is 14.4. The summed E-state index contributed by atoms with van der Waals surface area (Å²) in [6.45, 7) is 4.72. The van der Waals surface area contributed by atoms with Gasteiger partial charge in [0.05, 0.1) is 11.6 Å². The van der Waals surface area contributed by atoms with E-state index in [1.807, 2.05) is 6.07 Å². The first-order chi connectivity index (χ1) is 12.2. The number of likely N-dealkylation sites (N-methyl/N-ethyl adjacent to an activating group) is 1. The van der Waals surface area contributed by atoms with Gasteiger partial charge in [0.15, 0.2) is 0 Å². The Bertz CT molecular complexity index is 771. The van der Waals surface area contributed by atoms with Gasteiger partial charge in [0.25, 0.3) is 5.91 Å². The number of nitrogens with one attached hydrogen (secondary N) is 1. The summed E-state index contributed by atoms with van der Waals surface area (Å²) in [4.78, 5) is 16.9. The van der Waals surface area contributed by atoms with Gasteiger partial charge in [-0.2, -0.15) is 5.26 Å². The van der Waals surface area contributed by atoms with Crippen LogP contribution in [0.1, 0.15) is 21.5 Å². The van der Waals surface area contributed by atoms with E-state index >= 15 is 0 Å². The van der Waals surface area contributed by atoms with Gasteiger partial charge in [0, 0.05) is 44.0 Å². The maximum absolute atomic E-state index is 12.2. The Hall–Kier alpha value is -2.84. The predicted octanol–water partition coefficient (Wildman–Crippen LogP) is 2.24. The van der Waals surface area contributed by atoms with Crippen molar-refractivity contribution in [1.29, 1.82) is 5.26 Å². The van der Waals surface area contributed by atoms with Crippen LogP contribution in [0.5, 0.6) is 0 Å². The molecule has 1 N–H and O–H groups in total. The summed E-state index contributed by atoms with van der Waals surface area (Å²) in [5, 5.41) is 11.8. The average Bonchev–Trinajstić information content (AvgIpc) is 2.67. The van der Waals surface area contributed by atoms with Crippen LogP contribution in [0.4, 0.5) is 5.69 Å². The lowest BCUT2D eigenvalue weighted by molar-refractivity contribution is 0.0951. The fourth-order valence-corrected chi connectivity index (χ4v) is 2.90. The van der Waals surface area contributed by atoms with Crippen LogP contribution < -0.4 is 10.2 Å². The van der Waals surface area contributed by atoms with Crippen LogP contribution >= 0.6 is 0 Å². The topological polar surface area (TPSA) is 59.4 Å². The van der Waals surface area contributed by atoms with E-state index in [1.165, 1.54) is 5.69 Å². The standard InChI is InChI=1S/C20H22N4O/c1-23-9-11-24(12-10-23)19-7-5-16(6-8-19)15-22-20(25)18-4-2-3-17(13-18)14-21/h2-8,13H,9-12,15H2,1H3,(H,22,25). The Morgan fingerprint density at radius 2 is 1.84 bits per heavy atom. The molecule has 1 saturated heterocycles. The van der Waals surface area contributed by atoms with Crippen molar-refractivity contribution in [2.24, 2.45) is 0 Å². The van der Waals surface area contributed by atoms with E-state index in [1.54, 1.807) is 24.3 Å². The molecule has 0 unspecified atom stereocenters. The second-order valence-corrected chi connectivity index (χ2v) is 6.33. The van der Waals surface area contributed by atoms with Crippen molar-refractivity contribution in [2.75, 3.05) is 38.1 Å². The predicted molar refractivity (Wildman–Crippen MR) is 98.5 cm³/mol. The largest absolute Gasteiger partial charge is 0.369 e. The Morgan fingerprint density at radius 1 is 1.12 bits per heavy atom. The van der Waals surface area contributed by atoms with Crippen molar-refractivity contribution < 1.29 is 4.79 Å². The third kappa shape index (κ3) is 4.37. The number of hydrogen-bond donors (Lipinski definition) is 1. The van der Waals surface area contributed by atoms with Crippen molar-refractivity contribution in [3.05, 3.63) is 65.2 Å². The lowest BCUT2D eigenvalue weighted by Gasteiger charge is -2.34. The molecule has 1 aliphatic heterocycles. The first-order valence-electron chi connectivity index (χ1n) is 8.46. The van der Waals surface area contributed by atoms with Gasteiger partial charge >= 0.3 is 0 Å². The molecule has 3 rings (SSSR count). The molecule has 1 fully saturated rings. The van der Waals surface area contributed by atoms with Crippen molar-refractivity contribution in [1.82, 2.24) is 10.2 Å². The van der Waals surface area contributed by atoms with E-state index < -0.39 is 0 Å². The van der Waals surface area contributed by atoms with Crippen LogP contribution in [-0.2, 0) is 6.54 Å². The second-order valence-electron chi connectivity index (χ2n) is 6.33. The van der Waals surface area contributed by atoms with Crippen molar-refractivity contribution in [3.8, 4) is 6.07 Å². The summed E-state index contributed by atoms with van der Waals surface area (Å²) in [6.07, 6.45) is 0. The van der Waals surface area contributed by atoms with Crippen LogP contribution in [0.25, 0.3) is 0 Å². The highest BCUT2D eigenvalue weighted by Crippen LogP contribution is 2.17. The fraction of sp³-hybridized carbons (Fsp3) is 0.300. The fourth-order valence-electron chi connectivity index (χ4n) is 2.90. The molecule has 1 amide bonds. The van der Waals surface area contributed by atoms with Crippen LogP contribution in [0.15, 0.2) is 48.5 Å². The van der Waals surface area contributed by atoms with Gasteiger partial charge in [-0.3, -0.25) is 4.79 Å². The minimum absolute atomic E-state index is 0.166. The molecule has 128 valence electrons. The number of carbonyl (C=O) groups excluding carboxylic acids is 1. The number of hydrogen-bond acceptors (Lipinski definition) is 4. The van der Waals surface area contributed by atoms with Gasteiger partial charge < -0.3 is 15.1 Å². The van der Waals surface area contributed by atoms with Crippen LogP contribution in [0.3, 0.4) is 0 Å². The van der Waals surface area contributed by atoms with Gasteiger partial charge in [-0.05, 0) is 42.9 Å². The zero-order valence-electron chi connectivity index (χ0n) is 14.4. The highest BCUT2D eigenvalue weighted by atomic mass is 16.1. The molecule has 0 spiro atoms. The van der Waals surface area contributed by atoms with Gasteiger partial charge in [0.1, 0.15) is 0 Å². The molecule has 1 heterocycles. The molecule has 25 heavy (non-hydrogen) atoms. The van der Waals surface area contributed by atoms with Crippen LogP contribution in [0, 0.1) is 11.3 Å². The molecule has 5 heteroatoms. The van der Waals surface area contributed by atoms with Crippen molar-refractivity contribution in [3.63, 3.8) is 0 Å². The van der Waals surface area contributed by atoms with E-state index in [-0.39, 0.29) is 5.91 Å². The second kappa shape index (κ2) is 7.82. The normalized spacial score (nSPS) is 14.8. The summed E-state index contributed by atoms with van der Waals surface area (Å²) >= 11 is 0. The molecule has 0 aromatic heterocycles. The smallest absolute Gasteiger partial charge is 0.251 e. The average molecular weight is 334 g/mol. The quantitative estimate of drug-likeness (QED) is 0.932. The Morgan fingerprint density at radius 3 is 2.52 bits per heavy atom. The number of piperazine rings is 1. The molecule has 2 aromatic rings. The number of rotatable bonds is 4. The van der Waals surface area contributed by atoms with E-state index in [2.05, 4.69) is 46.4 Å². The number of nitrogens with zero attached hydrogens (tertiary/aromatic N) is 3. The molecule has 0 saturated carbocycles. The molecule has 0 atom stereocenters. The minimum Gasteiger partial charge on any atom is -0.369 e. The number of amides is 1. The molecule has 0 bridgehead atoms. The third-order valence-corrected chi connectivity index (χ3v) is 4.51. The summed E-state index contributed by atoms with van der Waals surface area (Å²) < 4.78 is 0. The lowest BCUT2D eigenvalue weighted by atomic mass is 10.1. The molecule has 0 aliphatic carbocycles. The van der Waals surface area contributed by atoms with Gasteiger partial charge in [-0.25, -0.2) is 0 Å². The first-order valence-corrected chi connectivity index (χ1v) is 8.46. The third-order valence-electron chi connectivity index (χ3n) is 4.51. The summed E-state index contributed by atoms with van der Waals surface area (Å²) in [5.41, 5.74) is 3.28. The Balaban J connectivity index is 1.56. The number of nitriles is 1. The van der Waals surface area contributed by atoms with Crippen molar-refractivity contribution in [2.45, 2.75) is 6.54 Å². The SMILES string of the molecule is CN1CCN(c2ccc(CNC(=O)c3cccc(C#N)c3)cc2)CC1. The molecule has 2 aromatic carbocycles. The zero-order chi connectivity index (χ0) is 17.6. The van der Waals surface area contributed by atoms with E-state index in [4.69, 9.17) is 5.26 Å². The number of anilines is 1. The number of benzene rings is 2.